The molecule has 3 nitrogen and oxygen atoms in total. The molecule has 1 aliphatic rings. The summed E-state index contributed by atoms with van der Waals surface area (Å²) in [4.78, 5) is 19.0. The van der Waals surface area contributed by atoms with Gasteiger partial charge in [-0.2, -0.15) is 0 Å². The van der Waals surface area contributed by atoms with Crippen molar-refractivity contribution in [1.82, 2.24) is 4.98 Å². The number of pyridine rings is 1. The van der Waals surface area contributed by atoms with E-state index in [1.807, 2.05) is 4.90 Å². The van der Waals surface area contributed by atoms with Crippen LogP contribution in [0, 0.1) is 12.8 Å². The van der Waals surface area contributed by atoms with E-state index in [-0.39, 0.29) is 5.91 Å². The zero-order valence-electron chi connectivity index (χ0n) is 12.3. The molecule has 0 N–H and O–H groups in total. The first-order valence-electron chi connectivity index (χ1n) is 7.26. The Morgan fingerprint density at radius 1 is 1.40 bits per heavy atom. The van der Waals surface area contributed by atoms with Crippen LogP contribution >= 0.6 is 0 Å². The van der Waals surface area contributed by atoms with Gasteiger partial charge >= 0.3 is 0 Å². The van der Waals surface area contributed by atoms with Gasteiger partial charge < -0.3 is 0 Å². The molecule has 0 unspecified atom stereocenters. The van der Waals surface area contributed by atoms with Crippen LogP contribution in [0.5, 0.6) is 0 Å². The molecule has 0 fully saturated rings. The molecular weight excluding hydrogens is 248 g/mol. The van der Waals surface area contributed by atoms with Gasteiger partial charge in [-0.15, -0.1) is 0 Å². The van der Waals surface area contributed by atoms with Gasteiger partial charge in [0.15, 0.2) is 0 Å². The predicted octanol–water partition coefficient (Wildman–Crippen LogP) is 3.48. The number of carbonyl (C=O) groups is 1. The number of aromatic nitrogens is 1. The van der Waals surface area contributed by atoms with Gasteiger partial charge in [0.2, 0.25) is 5.91 Å². The third kappa shape index (κ3) is 2.17. The van der Waals surface area contributed by atoms with Crippen molar-refractivity contribution in [3.05, 3.63) is 35.4 Å². The fourth-order valence-electron chi connectivity index (χ4n) is 2.84. The Morgan fingerprint density at radius 3 is 2.95 bits per heavy atom. The molecular formula is C17H20N2O. The van der Waals surface area contributed by atoms with E-state index in [0.29, 0.717) is 12.3 Å². The Morgan fingerprint density at radius 2 is 2.20 bits per heavy atom. The maximum absolute atomic E-state index is 12.3. The van der Waals surface area contributed by atoms with Crippen molar-refractivity contribution in [3.8, 4) is 0 Å². The molecule has 0 aliphatic carbocycles. The molecule has 0 bridgehead atoms. The third-order valence-electron chi connectivity index (χ3n) is 3.85. The maximum atomic E-state index is 12.3. The largest absolute Gasteiger partial charge is 0.296 e. The van der Waals surface area contributed by atoms with E-state index in [1.165, 1.54) is 10.9 Å². The van der Waals surface area contributed by atoms with Gasteiger partial charge in [0.05, 0.1) is 5.52 Å². The highest BCUT2D eigenvalue weighted by Crippen LogP contribution is 2.31. The Kier molecular flexibility index (Phi) is 3.20. The predicted molar refractivity (Wildman–Crippen MR) is 82.0 cm³/mol. The highest BCUT2D eigenvalue weighted by Gasteiger charge is 2.26. The second-order valence-electron chi connectivity index (χ2n) is 6.01. The van der Waals surface area contributed by atoms with Crippen LogP contribution in [-0.4, -0.2) is 17.4 Å². The summed E-state index contributed by atoms with van der Waals surface area (Å²) in [5, 5.41) is 1.17. The average molecular weight is 268 g/mol. The molecule has 0 atom stereocenters. The van der Waals surface area contributed by atoms with Crippen LogP contribution in [-0.2, 0) is 11.2 Å². The van der Waals surface area contributed by atoms with E-state index < -0.39 is 0 Å². The standard InChI is InChI=1S/C17H20N2O/c1-11(2)9-15(20)19-8-7-14-10-13-6-4-5-12(3)16(13)18-17(14)19/h4-6,10-11H,7-9H2,1-3H3. The van der Waals surface area contributed by atoms with E-state index in [2.05, 4.69) is 45.0 Å². The molecule has 1 aliphatic heterocycles. The SMILES string of the molecule is Cc1cccc2cc3c(nc12)N(C(=O)CC(C)C)CC3. The number of amides is 1. The highest BCUT2D eigenvalue weighted by atomic mass is 16.2. The molecule has 2 aromatic rings. The number of carbonyl (C=O) groups excluding carboxylic acids is 1. The number of anilines is 1. The van der Waals surface area contributed by atoms with E-state index in [1.54, 1.807) is 0 Å². The topological polar surface area (TPSA) is 33.2 Å². The molecule has 0 radical (unpaired) electrons. The number of nitrogens with zero attached hydrogens (tertiary/aromatic N) is 2. The van der Waals surface area contributed by atoms with Crippen molar-refractivity contribution in [1.29, 1.82) is 0 Å². The van der Waals surface area contributed by atoms with Crippen LogP contribution in [0.3, 0.4) is 0 Å². The molecule has 20 heavy (non-hydrogen) atoms. The summed E-state index contributed by atoms with van der Waals surface area (Å²) in [6.07, 6.45) is 1.50. The summed E-state index contributed by atoms with van der Waals surface area (Å²) in [5.41, 5.74) is 3.36. The normalized spacial score (nSPS) is 14.1. The molecule has 3 rings (SSSR count). The van der Waals surface area contributed by atoms with Crippen molar-refractivity contribution in [2.45, 2.75) is 33.6 Å². The minimum atomic E-state index is 0.194. The summed E-state index contributed by atoms with van der Waals surface area (Å²) >= 11 is 0. The second-order valence-corrected chi connectivity index (χ2v) is 6.01. The number of benzene rings is 1. The molecule has 0 spiro atoms. The van der Waals surface area contributed by atoms with Gasteiger partial charge in [-0.3, -0.25) is 9.69 Å². The van der Waals surface area contributed by atoms with Crippen LogP contribution in [0.1, 0.15) is 31.4 Å². The summed E-state index contributed by atoms with van der Waals surface area (Å²) in [7, 11) is 0. The first-order chi connectivity index (χ1) is 9.56. The zero-order chi connectivity index (χ0) is 14.3. The van der Waals surface area contributed by atoms with E-state index >= 15 is 0 Å². The minimum absolute atomic E-state index is 0.194. The average Bonchev–Trinajstić information content (AvgIpc) is 2.79. The number of fused-ring (bicyclic) bond motifs is 2. The lowest BCUT2D eigenvalue weighted by molar-refractivity contribution is -0.119. The molecule has 3 heteroatoms. The first-order valence-corrected chi connectivity index (χ1v) is 7.26. The van der Waals surface area contributed by atoms with Crippen LogP contribution < -0.4 is 4.90 Å². The van der Waals surface area contributed by atoms with Crippen molar-refractivity contribution in [2.75, 3.05) is 11.4 Å². The number of hydrogen-bond donors (Lipinski definition) is 0. The molecule has 0 saturated carbocycles. The maximum Gasteiger partial charge on any atom is 0.228 e. The number of aryl methyl sites for hydroxylation is 1. The number of rotatable bonds is 2. The van der Waals surface area contributed by atoms with Crippen LogP contribution in [0.15, 0.2) is 24.3 Å². The summed E-state index contributed by atoms with van der Waals surface area (Å²) in [6, 6.07) is 8.40. The van der Waals surface area contributed by atoms with Gasteiger partial charge in [-0.1, -0.05) is 32.0 Å². The lowest BCUT2D eigenvalue weighted by atomic mass is 10.1. The fourth-order valence-corrected chi connectivity index (χ4v) is 2.84. The molecule has 2 heterocycles. The van der Waals surface area contributed by atoms with Gasteiger partial charge in [0.25, 0.3) is 0 Å². The summed E-state index contributed by atoms with van der Waals surface area (Å²) in [6.45, 7) is 6.99. The molecule has 0 saturated heterocycles. The van der Waals surface area contributed by atoms with E-state index in [0.717, 1.165) is 29.9 Å². The lowest BCUT2D eigenvalue weighted by Gasteiger charge is -2.18. The van der Waals surface area contributed by atoms with Crippen molar-refractivity contribution in [2.24, 2.45) is 5.92 Å². The quantitative estimate of drug-likeness (QED) is 0.835. The molecule has 1 amide bonds. The van der Waals surface area contributed by atoms with Crippen LogP contribution in [0.2, 0.25) is 0 Å². The zero-order valence-corrected chi connectivity index (χ0v) is 12.3. The van der Waals surface area contributed by atoms with Crippen LogP contribution in [0.25, 0.3) is 10.9 Å². The highest BCUT2D eigenvalue weighted by molar-refractivity contribution is 5.96. The Balaban J connectivity index is 2.04. The minimum Gasteiger partial charge on any atom is -0.296 e. The van der Waals surface area contributed by atoms with E-state index in [9.17, 15) is 4.79 Å². The van der Waals surface area contributed by atoms with Gasteiger partial charge in [0, 0.05) is 18.4 Å². The monoisotopic (exact) mass is 268 g/mol. The third-order valence-corrected chi connectivity index (χ3v) is 3.85. The summed E-state index contributed by atoms with van der Waals surface area (Å²) in [5.74, 6) is 1.45. The Labute approximate surface area is 119 Å². The summed E-state index contributed by atoms with van der Waals surface area (Å²) < 4.78 is 0. The molecule has 104 valence electrons. The lowest BCUT2D eigenvalue weighted by Crippen LogP contribution is -2.30. The molecule has 1 aromatic carbocycles. The van der Waals surface area contributed by atoms with E-state index in [4.69, 9.17) is 4.98 Å². The van der Waals surface area contributed by atoms with Crippen molar-refractivity contribution < 1.29 is 4.79 Å². The smallest absolute Gasteiger partial charge is 0.228 e. The Bertz CT molecular complexity index is 676. The number of hydrogen-bond acceptors (Lipinski definition) is 2. The van der Waals surface area contributed by atoms with Crippen molar-refractivity contribution in [3.63, 3.8) is 0 Å². The number of para-hydroxylation sites is 1. The van der Waals surface area contributed by atoms with Crippen molar-refractivity contribution >= 4 is 22.6 Å². The van der Waals surface area contributed by atoms with Gasteiger partial charge in [-0.25, -0.2) is 4.98 Å². The fraction of sp³-hybridized carbons (Fsp3) is 0.412. The van der Waals surface area contributed by atoms with Gasteiger partial charge in [-0.05, 0) is 36.5 Å². The molecule has 1 aromatic heterocycles. The van der Waals surface area contributed by atoms with Crippen LogP contribution in [0.4, 0.5) is 5.82 Å². The van der Waals surface area contributed by atoms with Gasteiger partial charge in [0.1, 0.15) is 5.82 Å². The Hall–Kier alpha value is -1.90. The second kappa shape index (κ2) is 4.89. The first kappa shape index (κ1) is 13.1.